The van der Waals surface area contributed by atoms with Gasteiger partial charge < -0.3 is 5.32 Å². The van der Waals surface area contributed by atoms with Gasteiger partial charge in [0.15, 0.2) is 0 Å². The Bertz CT molecular complexity index is 616. The number of rotatable bonds is 5. The average molecular weight is 273 g/mol. The van der Waals surface area contributed by atoms with Crippen molar-refractivity contribution >= 4 is 5.69 Å². The maximum atomic E-state index is 11.0. The lowest BCUT2D eigenvalue weighted by Crippen LogP contribution is -2.16. The lowest BCUT2D eigenvalue weighted by molar-refractivity contribution is -0.386. The molecule has 2 aromatic rings. The Balaban J connectivity index is 2.07. The first-order valence-corrected chi connectivity index (χ1v) is 6.16. The number of hydrogen-bond donors (Lipinski definition) is 1. The van der Waals surface area contributed by atoms with E-state index in [4.69, 9.17) is 0 Å². The summed E-state index contributed by atoms with van der Waals surface area (Å²) in [7, 11) is 0. The lowest BCUT2D eigenvalue weighted by atomic mass is 10.1. The van der Waals surface area contributed by atoms with Gasteiger partial charge in [-0.15, -0.1) is 0 Å². The molecular formula is C13H15N5O2. The van der Waals surface area contributed by atoms with Crippen molar-refractivity contribution in [2.45, 2.75) is 26.9 Å². The molecule has 0 saturated heterocycles. The van der Waals surface area contributed by atoms with Crippen LogP contribution in [0.15, 0.2) is 24.5 Å². The number of aryl methyl sites for hydroxylation is 1. The van der Waals surface area contributed by atoms with E-state index in [-0.39, 0.29) is 10.6 Å². The van der Waals surface area contributed by atoms with Gasteiger partial charge >= 0.3 is 0 Å². The Morgan fingerprint density at radius 1 is 1.35 bits per heavy atom. The third-order valence-corrected chi connectivity index (χ3v) is 2.98. The van der Waals surface area contributed by atoms with Crippen LogP contribution in [0.25, 0.3) is 0 Å². The molecule has 0 unspecified atom stereocenters. The molecule has 2 heterocycles. The van der Waals surface area contributed by atoms with Crippen molar-refractivity contribution in [3.63, 3.8) is 0 Å². The van der Waals surface area contributed by atoms with E-state index in [0.29, 0.717) is 29.9 Å². The molecule has 0 fully saturated rings. The van der Waals surface area contributed by atoms with Crippen LogP contribution in [-0.4, -0.2) is 20.1 Å². The fraction of sp³-hybridized carbons (Fsp3) is 0.308. The minimum atomic E-state index is -0.363. The molecule has 7 heteroatoms. The summed E-state index contributed by atoms with van der Waals surface area (Å²) >= 11 is 0. The first-order chi connectivity index (χ1) is 9.59. The molecule has 0 saturated carbocycles. The number of hydrogen-bond acceptors (Lipinski definition) is 6. The molecule has 0 atom stereocenters. The largest absolute Gasteiger partial charge is 0.305 e. The molecular weight excluding hydrogens is 258 g/mol. The van der Waals surface area contributed by atoms with E-state index in [2.05, 4.69) is 20.5 Å². The van der Waals surface area contributed by atoms with E-state index in [9.17, 15) is 10.1 Å². The van der Waals surface area contributed by atoms with Crippen LogP contribution >= 0.6 is 0 Å². The zero-order valence-electron chi connectivity index (χ0n) is 11.3. The molecule has 2 aromatic heterocycles. The third kappa shape index (κ3) is 3.12. The fourth-order valence-corrected chi connectivity index (χ4v) is 1.96. The molecule has 104 valence electrons. The van der Waals surface area contributed by atoms with Gasteiger partial charge in [0.2, 0.25) is 0 Å². The van der Waals surface area contributed by atoms with Gasteiger partial charge in [0, 0.05) is 36.6 Å². The number of nitrogens with zero attached hydrogens (tertiary/aromatic N) is 4. The average Bonchev–Trinajstić information content (AvgIpc) is 2.42. The third-order valence-electron chi connectivity index (χ3n) is 2.98. The number of nitrogens with one attached hydrogen (secondary N) is 1. The maximum Gasteiger partial charge on any atom is 0.278 e. The van der Waals surface area contributed by atoms with Crippen molar-refractivity contribution in [3.05, 3.63) is 57.2 Å². The number of pyridine rings is 1. The van der Waals surface area contributed by atoms with Crippen molar-refractivity contribution in [2.75, 3.05) is 0 Å². The smallest absolute Gasteiger partial charge is 0.278 e. The highest BCUT2D eigenvalue weighted by Gasteiger charge is 2.18. The summed E-state index contributed by atoms with van der Waals surface area (Å²) in [6.07, 6.45) is 3.14. The molecule has 0 spiro atoms. The van der Waals surface area contributed by atoms with Gasteiger partial charge in [-0.2, -0.15) is 10.2 Å². The van der Waals surface area contributed by atoms with E-state index >= 15 is 0 Å². The predicted octanol–water partition coefficient (Wildman–Crippen LogP) is 1.69. The Morgan fingerprint density at radius 3 is 2.80 bits per heavy atom. The quantitative estimate of drug-likeness (QED) is 0.658. The summed E-state index contributed by atoms with van der Waals surface area (Å²) in [5.41, 5.74) is 2.79. The highest BCUT2D eigenvalue weighted by Crippen LogP contribution is 2.23. The van der Waals surface area contributed by atoms with Gasteiger partial charge in [0.25, 0.3) is 5.69 Å². The highest BCUT2D eigenvalue weighted by atomic mass is 16.6. The summed E-state index contributed by atoms with van der Waals surface area (Å²) in [4.78, 5) is 14.9. The molecule has 20 heavy (non-hydrogen) atoms. The lowest BCUT2D eigenvalue weighted by Gasteiger charge is -2.08. The van der Waals surface area contributed by atoms with Gasteiger partial charge in [0.05, 0.1) is 16.3 Å². The Hall–Kier alpha value is -2.41. The molecule has 0 bridgehead atoms. The van der Waals surface area contributed by atoms with Crippen LogP contribution in [0.1, 0.15) is 22.5 Å². The zero-order chi connectivity index (χ0) is 14.5. The Morgan fingerprint density at radius 2 is 2.15 bits per heavy atom. The van der Waals surface area contributed by atoms with Gasteiger partial charge in [-0.3, -0.25) is 15.1 Å². The Kier molecular flexibility index (Phi) is 4.31. The molecule has 1 N–H and O–H groups in total. The highest BCUT2D eigenvalue weighted by molar-refractivity contribution is 5.47. The van der Waals surface area contributed by atoms with Crippen molar-refractivity contribution in [1.82, 2.24) is 20.5 Å². The fourth-order valence-electron chi connectivity index (χ4n) is 1.96. The van der Waals surface area contributed by atoms with Crippen LogP contribution in [0.2, 0.25) is 0 Å². The summed E-state index contributed by atoms with van der Waals surface area (Å²) in [5.74, 6) is 0. The summed E-state index contributed by atoms with van der Waals surface area (Å²) < 4.78 is 0. The standard InChI is InChI=1S/C13H15N5O2/c1-9-6-15-12(10(2)13(9)18(19)20)8-14-7-11-4-3-5-16-17-11/h3-6,14H,7-8H2,1-2H3. The van der Waals surface area contributed by atoms with Gasteiger partial charge in [-0.05, 0) is 26.0 Å². The SMILES string of the molecule is Cc1cnc(CNCc2cccnn2)c(C)c1[N+](=O)[O-]. The molecule has 0 radical (unpaired) electrons. The Labute approximate surface area is 116 Å². The monoisotopic (exact) mass is 273 g/mol. The summed E-state index contributed by atoms with van der Waals surface area (Å²) in [6, 6.07) is 3.67. The second-order valence-corrected chi connectivity index (χ2v) is 4.44. The molecule has 7 nitrogen and oxygen atoms in total. The van der Waals surface area contributed by atoms with Crippen LogP contribution in [0.4, 0.5) is 5.69 Å². The minimum absolute atomic E-state index is 0.135. The minimum Gasteiger partial charge on any atom is -0.305 e. The number of aromatic nitrogens is 3. The van der Waals surface area contributed by atoms with E-state index in [1.807, 2.05) is 12.1 Å². The summed E-state index contributed by atoms with van der Waals surface area (Å²) in [5, 5.41) is 21.9. The van der Waals surface area contributed by atoms with Gasteiger partial charge in [-0.1, -0.05) is 0 Å². The second-order valence-electron chi connectivity index (χ2n) is 4.44. The van der Waals surface area contributed by atoms with Gasteiger partial charge in [-0.25, -0.2) is 0 Å². The van der Waals surface area contributed by atoms with Crippen molar-refractivity contribution in [3.8, 4) is 0 Å². The van der Waals surface area contributed by atoms with E-state index in [1.54, 1.807) is 20.0 Å². The molecule has 0 aromatic carbocycles. The van der Waals surface area contributed by atoms with Crippen LogP contribution in [0.3, 0.4) is 0 Å². The van der Waals surface area contributed by atoms with E-state index in [0.717, 1.165) is 5.69 Å². The molecule has 0 aliphatic heterocycles. The van der Waals surface area contributed by atoms with Crippen LogP contribution in [0, 0.1) is 24.0 Å². The second kappa shape index (κ2) is 6.16. The predicted molar refractivity (Wildman–Crippen MR) is 72.9 cm³/mol. The van der Waals surface area contributed by atoms with Crippen LogP contribution in [0.5, 0.6) is 0 Å². The maximum absolute atomic E-state index is 11.0. The van der Waals surface area contributed by atoms with E-state index in [1.165, 1.54) is 6.20 Å². The van der Waals surface area contributed by atoms with Crippen molar-refractivity contribution < 1.29 is 4.92 Å². The van der Waals surface area contributed by atoms with Crippen LogP contribution in [-0.2, 0) is 13.1 Å². The molecule has 0 amide bonds. The molecule has 0 aliphatic carbocycles. The molecule has 2 rings (SSSR count). The van der Waals surface area contributed by atoms with Crippen LogP contribution < -0.4 is 5.32 Å². The van der Waals surface area contributed by atoms with Crippen molar-refractivity contribution in [2.24, 2.45) is 0 Å². The van der Waals surface area contributed by atoms with Crippen molar-refractivity contribution in [1.29, 1.82) is 0 Å². The van der Waals surface area contributed by atoms with Gasteiger partial charge in [0.1, 0.15) is 0 Å². The van der Waals surface area contributed by atoms with E-state index < -0.39 is 0 Å². The topological polar surface area (TPSA) is 93.8 Å². The first kappa shape index (κ1) is 14.0. The molecule has 0 aliphatic rings. The summed E-state index contributed by atoms with van der Waals surface area (Å²) in [6.45, 7) is 4.40. The zero-order valence-corrected chi connectivity index (χ0v) is 11.3. The first-order valence-electron chi connectivity index (χ1n) is 6.16. The number of nitro groups is 1. The normalized spacial score (nSPS) is 10.5.